The van der Waals surface area contributed by atoms with E-state index in [1.807, 2.05) is 0 Å². The minimum Gasteiger partial charge on any atom is -0.310 e. The lowest BCUT2D eigenvalue weighted by atomic mass is 9.92. The molecule has 1 aromatic carbocycles. The summed E-state index contributed by atoms with van der Waals surface area (Å²) in [7, 11) is 0. The first-order valence-electron chi connectivity index (χ1n) is 6.94. The minimum absolute atomic E-state index is 0.416. The third-order valence-corrected chi connectivity index (χ3v) is 4.46. The number of likely N-dealkylation sites (N-methyl/N-ethyl adjacent to an activating group) is 1. The molecule has 2 rings (SSSR count). The molecule has 2 aromatic rings. The highest BCUT2D eigenvalue weighted by atomic mass is 32.1. The van der Waals surface area contributed by atoms with Crippen molar-refractivity contribution in [2.45, 2.75) is 40.2 Å². The molecule has 1 aromatic heterocycles. The number of rotatable bonds is 5. The number of nitrogens with one attached hydrogen (secondary N) is 1. The second-order valence-electron chi connectivity index (χ2n) is 5.24. The summed E-state index contributed by atoms with van der Waals surface area (Å²) >= 11 is 1.78. The van der Waals surface area contributed by atoms with E-state index >= 15 is 0 Å². The van der Waals surface area contributed by atoms with Crippen LogP contribution in [0.5, 0.6) is 0 Å². The van der Waals surface area contributed by atoms with Crippen molar-refractivity contribution in [1.82, 2.24) is 5.32 Å². The van der Waals surface area contributed by atoms with E-state index in [1.165, 1.54) is 27.8 Å². The molecule has 1 N–H and O–H groups in total. The molecule has 0 aliphatic carbocycles. The second kappa shape index (κ2) is 6.36. The Balaban J connectivity index is 2.30. The highest BCUT2D eigenvalue weighted by Gasteiger charge is 2.14. The molecule has 0 saturated carbocycles. The van der Waals surface area contributed by atoms with Crippen molar-refractivity contribution in [3.63, 3.8) is 0 Å². The fraction of sp³-hybridized carbons (Fsp3) is 0.412. The average molecular weight is 273 g/mol. The summed E-state index contributed by atoms with van der Waals surface area (Å²) in [4.78, 5) is 0. The normalized spacial score (nSPS) is 12.6. The molecular formula is C17H23NS. The Labute approximate surface area is 120 Å². The third-order valence-electron chi connectivity index (χ3n) is 3.73. The Morgan fingerprint density at radius 1 is 1.11 bits per heavy atom. The Kier molecular flexibility index (Phi) is 4.78. The van der Waals surface area contributed by atoms with E-state index in [2.05, 4.69) is 62.0 Å². The summed E-state index contributed by atoms with van der Waals surface area (Å²) in [5, 5.41) is 8.04. The van der Waals surface area contributed by atoms with E-state index in [9.17, 15) is 0 Å². The molecule has 0 spiro atoms. The maximum Gasteiger partial charge on any atom is 0.0363 e. The van der Waals surface area contributed by atoms with Gasteiger partial charge in [0.2, 0.25) is 0 Å². The number of hydrogen-bond acceptors (Lipinski definition) is 2. The van der Waals surface area contributed by atoms with Crippen molar-refractivity contribution < 1.29 is 0 Å². The van der Waals surface area contributed by atoms with Crippen molar-refractivity contribution in [3.8, 4) is 0 Å². The summed E-state index contributed by atoms with van der Waals surface area (Å²) in [5.74, 6) is 0. The molecule has 1 unspecified atom stereocenters. The van der Waals surface area contributed by atoms with Crippen molar-refractivity contribution in [3.05, 3.63) is 56.8 Å². The van der Waals surface area contributed by atoms with Crippen molar-refractivity contribution >= 4 is 11.3 Å². The highest BCUT2D eigenvalue weighted by Crippen LogP contribution is 2.25. The molecule has 1 atom stereocenters. The fourth-order valence-electron chi connectivity index (χ4n) is 2.54. The minimum atomic E-state index is 0.416. The van der Waals surface area contributed by atoms with Gasteiger partial charge in [0.1, 0.15) is 0 Å². The first-order chi connectivity index (χ1) is 9.11. The van der Waals surface area contributed by atoms with E-state index in [4.69, 9.17) is 0 Å². The van der Waals surface area contributed by atoms with E-state index < -0.39 is 0 Å². The summed E-state index contributed by atoms with van der Waals surface area (Å²) < 4.78 is 0. The highest BCUT2D eigenvalue weighted by molar-refractivity contribution is 7.07. The van der Waals surface area contributed by atoms with Crippen LogP contribution in [-0.4, -0.2) is 6.54 Å². The van der Waals surface area contributed by atoms with Crippen LogP contribution in [0.25, 0.3) is 0 Å². The average Bonchev–Trinajstić information content (AvgIpc) is 2.86. The lowest BCUT2D eigenvalue weighted by Crippen LogP contribution is -2.23. The zero-order valence-electron chi connectivity index (χ0n) is 12.3. The van der Waals surface area contributed by atoms with Crippen LogP contribution in [0.1, 0.15) is 40.8 Å². The third kappa shape index (κ3) is 3.46. The van der Waals surface area contributed by atoms with Gasteiger partial charge in [-0.1, -0.05) is 19.1 Å². The quantitative estimate of drug-likeness (QED) is 0.841. The van der Waals surface area contributed by atoms with Gasteiger partial charge in [-0.05, 0) is 78.4 Å². The molecule has 0 bridgehead atoms. The Morgan fingerprint density at radius 3 is 2.47 bits per heavy atom. The van der Waals surface area contributed by atoms with E-state index in [1.54, 1.807) is 11.3 Å². The summed E-state index contributed by atoms with van der Waals surface area (Å²) in [5.41, 5.74) is 7.02. The molecule has 0 aliphatic rings. The molecule has 0 amide bonds. The predicted octanol–water partition coefficient (Wildman–Crippen LogP) is 4.57. The maximum absolute atomic E-state index is 3.63. The number of thiophene rings is 1. The van der Waals surface area contributed by atoms with Crippen molar-refractivity contribution in [2.24, 2.45) is 0 Å². The van der Waals surface area contributed by atoms with Crippen LogP contribution in [0.15, 0.2) is 29.0 Å². The van der Waals surface area contributed by atoms with Gasteiger partial charge < -0.3 is 5.32 Å². The van der Waals surface area contributed by atoms with Crippen LogP contribution in [0.4, 0.5) is 0 Å². The van der Waals surface area contributed by atoms with Gasteiger partial charge in [0, 0.05) is 6.04 Å². The second-order valence-corrected chi connectivity index (χ2v) is 6.02. The van der Waals surface area contributed by atoms with Crippen LogP contribution in [-0.2, 0) is 6.42 Å². The predicted molar refractivity (Wildman–Crippen MR) is 85.1 cm³/mol. The molecule has 0 radical (unpaired) electrons. The lowest BCUT2D eigenvalue weighted by Gasteiger charge is -2.21. The summed E-state index contributed by atoms with van der Waals surface area (Å²) in [6.07, 6.45) is 1.07. The van der Waals surface area contributed by atoms with Crippen molar-refractivity contribution in [2.75, 3.05) is 6.54 Å². The van der Waals surface area contributed by atoms with Crippen LogP contribution in [0, 0.1) is 20.8 Å². The largest absolute Gasteiger partial charge is 0.310 e. The molecule has 102 valence electrons. The van der Waals surface area contributed by atoms with E-state index in [-0.39, 0.29) is 0 Å². The molecule has 0 aliphatic heterocycles. The summed E-state index contributed by atoms with van der Waals surface area (Å²) in [6.45, 7) is 9.79. The lowest BCUT2D eigenvalue weighted by molar-refractivity contribution is 0.547. The van der Waals surface area contributed by atoms with Gasteiger partial charge in [0.25, 0.3) is 0 Å². The standard InChI is InChI=1S/C17H23NS/c1-5-18-17(10-15-6-7-19-11-15)16-9-13(3)12(2)8-14(16)4/h6-9,11,17-18H,5,10H2,1-4H3. The molecular weight excluding hydrogens is 250 g/mol. The van der Waals surface area contributed by atoms with Crippen LogP contribution >= 0.6 is 11.3 Å². The van der Waals surface area contributed by atoms with Crippen LogP contribution in [0.2, 0.25) is 0 Å². The van der Waals surface area contributed by atoms with Crippen molar-refractivity contribution in [1.29, 1.82) is 0 Å². The smallest absolute Gasteiger partial charge is 0.0363 e. The molecule has 1 heterocycles. The Bertz CT molecular complexity index is 528. The Morgan fingerprint density at radius 2 is 1.84 bits per heavy atom. The fourth-order valence-corrected chi connectivity index (χ4v) is 3.22. The molecule has 0 fully saturated rings. The van der Waals surface area contributed by atoms with Gasteiger partial charge in [-0.15, -0.1) is 0 Å². The van der Waals surface area contributed by atoms with Crippen LogP contribution < -0.4 is 5.32 Å². The Hall–Kier alpha value is -1.12. The van der Waals surface area contributed by atoms with E-state index in [0.717, 1.165) is 13.0 Å². The number of benzene rings is 1. The topological polar surface area (TPSA) is 12.0 Å². The SMILES string of the molecule is CCNC(Cc1ccsc1)c1cc(C)c(C)cc1C. The molecule has 19 heavy (non-hydrogen) atoms. The van der Waals surface area contributed by atoms with Gasteiger partial charge in [0.05, 0.1) is 0 Å². The van der Waals surface area contributed by atoms with Gasteiger partial charge >= 0.3 is 0 Å². The monoisotopic (exact) mass is 273 g/mol. The van der Waals surface area contributed by atoms with Gasteiger partial charge in [-0.25, -0.2) is 0 Å². The molecule has 2 heteroatoms. The van der Waals surface area contributed by atoms with Gasteiger partial charge in [0.15, 0.2) is 0 Å². The number of aryl methyl sites for hydroxylation is 3. The number of hydrogen-bond donors (Lipinski definition) is 1. The molecule has 0 saturated heterocycles. The maximum atomic E-state index is 3.63. The first kappa shape index (κ1) is 14.3. The van der Waals surface area contributed by atoms with Gasteiger partial charge in [-0.3, -0.25) is 0 Å². The van der Waals surface area contributed by atoms with Crippen LogP contribution in [0.3, 0.4) is 0 Å². The molecule has 1 nitrogen and oxygen atoms in total. The summed E-state index contributed by atoms with van der Waals surface area (Å²) in [6, 6.07) is 7.30. The van der Waals surface area contributed by atoms with E-state index in [0.29, 0.717) is 6.04 Å². The zero-order valence-corrected chi connectivity index (χ0v) is 13.1. The zero-order chi connectivity index (χ0) is 13.8. The van der Waals surface area contributed by atoms with Gasteiger partial charge in [-0.2, -0.15) is 11.3 Å². The first-order valence-corrected chi connectivity index (χ1v) is 7.88.